The Morgan fingerprint density at radius 1 is 1.21 bits per heavy atom. The van der Waals surface area contributed by atoms with E-state index in [0.29, 0.717) is 10.0 Å². The molecule has 0 unspecified atom stereocenters. The fourth-order valence-electron chi connectivity index (χ4n) is 1.72. The minimum Gasteiger partial charge on any atom is -0.449 e. The van der Waals surface area contributed by atoms with Gasteiger partial charge in [0.15, 0.2) is 11.9 Å². The first kappa shape index (κ1) is 18.3. The number of halogens is 3. The first-order valence-corrected chi connectivity index (χ1v) is 7.79. The smallest absolute Gasteiger partial charge is 0.341 e. The van der Waals surface area contributed by atoms with Crippen molar-refractivity contribution >= 4 is 58.2 Å². The zero-order chi connectivity index (χ0) is 17.9. The summed E-state index contributed by atoms with van der Waals surface area (Å²) in [5.74, 6) is -1.24. The molecule has 6 nitrogen and oxygen atoms in total. The molecule has 3 N–H and O–H groups in total. The second kappa shape index (κ2) is 7.70. The molecule has 0 fully saturated rings. The quantitative estimate of drug-likeness (QED) is 0.613. The molecule has 24 heavy (non-hydrogen) atoms. The van der Waals surface area contributed by atoms with Gasteiger partial charge in [-0.2, -0.15) is 0 Å². The summed E-state index contributed by atoms with van der Waals surface area (Å²) in [6.07, 6.45) is 0.231. The van der Waals surface area contributed by atoms with Gasteiger partial charge in [0, 0.05) is 16.9 Å². The van der Waals surface area contributed by atoms with Gasteiger partial charge >= 0.3 is 5.97 Å². The van der Waals surface area contributed by atoms with Crippen LogP contribution in [-0.4, -0.2) is 23.0 Å². The molecular formula is C15H12Cl3N3O3. The molecular weight excluding hydrogens is 377 g/mol. The molecule has 0 saturated heterocycles. The average molecular weight is 389 g/mol. The summed E-state index contributed by atoms with van der Waals surface area (Å²) in [6, 6.07) is 5.76. The monoisotopic (exact) mass is 387 g/mol. The second-order valence-electron chi connectivity index (χ2n) is 4.75. The minimum atomic E-state index is -1.10. The lowest BCUT2D eigenvalue weighted by Crippen LogP contribution is -2.30. The number of nitrogens with two attached hydrogens (primary N) is 1. The predicted molar refractivity (Wildman–Crippen MR) is 93.6 cm³/mol. The van der Waals surface area contributed by atoms with Gasteiger partial charge in [-0.05, 0) is 31.2 Å². The van der Waals surface area contributed by atoms with Crippen LogP contribution in [0.4, 0.5) is 11.5 Å². The van der Waals surface area contributed by atoms with E-state index in [9.17, 15) is 9.59 Å². The molecule has 1 aromatic heterocycles. The van der Waals surface area contributed by atoms with E-state index in [2.05, 4.69) is 10.3 Å². The zero-order valence-corrected chi connectivity index (χ0v) is 14.6. The number of amides is 1. The summed E-state index contributed by atoms with van der Waals surface area (Å²) in [5, 5.41) is 3.33. The van der Waals surface area contributed by atoms with Crippen molar-refractivity contribution in [1.29, 1.82) is 0 Å². The molecule has 0 aliphatic rings. The number of ether oxygens (including phenoxy) is 1. The van der Waals surface area contributed by atoms with E-state index in [4.69, 9.17) is 45.3 Å². The highest BCUT2D eigenvalue weighted by atomic mass is 35.5. The van der Waals surface area contributed by atoms with Crippen LogP contribution >= 0.6 is 34.8 Å². The van der Waals surface area contributed by atoms with E-state index in [1.807, 2.05) is 0 Å². The molecule has 0 aliphatic carbocycles. The third kappa shape index (κ3) is 4.50. The van der Waals surface area contributed by atoms with Gasteiger partial charge in [-0.1, -0.05) is 34.8 Å². The molecule has 0 saturated carbocycles. The highest BCUT2D eigenvalue weighted by molar-refractivity contribution is 6.36. The SMILES string of the molecule is C[C@H](OC(=O)c1ccc(Cl)cc1N)C(=O)Nc1ncc(Cl)cc1Cl. The third-order valence-corrected chi connectivity index (χ3v) is 3.67. The maximum atomic E-state index is 12.1. The molecule has 9 heteroatoms. The first-order valence-electron chi connectivity index (χ1n) is 6.66. The van der Waals surface area contributed by atoms with E-state index < -0.39 is 18.0 Å². The van der Waals surface area contributed by atoms with Crippen molar-refractivity contribution in [2.45, 2.75) is 13.0 Å². The zero-order valence-electron chi connectivity index (χ0n) is 12.3. The van der Waals surface area contributed by atoms with Crippen molar-refractivity contribution in [3.05, 3.63) is 51.1 Å². The van der Waals surface area contributed by atoms with Gasteiger partial charge in [-0.3, -0.25) is 4.79 Å². The average Bonchev–Trinajstić information content (AvgIpc) is 2.49. The van der Waals surface area contributed by atoms with Gasteiger partial charge < -0.3 is 15.8 Å². The van der Waals surface area contributed by atoms with Crippen molar-refractivity contribution in [2.24, 2.45) is 0 Å². The van der Waals surface area contributed by atoms with Gasteiger partial charge in [0.05, 0.1) is 15.6 Å². The Kier molecular flexibility index (Phi) is 5.88. The standard InChI is InChI=1S/C15H12Cl3N3O3/c1-7(14(22)21-13-11(18)4-9(17)6-20-13)24-15(23)10-3-2-8(16)5-12(10)19/h2-7H,19H2,1H3,(H,20,21,22)/t7-/m0/s1. The molecule has 1 atom stereocenters. The molecule has 2 rings (SSSR count). The number of nitrogen functional groups attached to an aromatic ring is 1. The van der Waals surface area contributed by atoms with Crippen LogP contribution in [0.25, 0.3) is 0 Å². The topological polar surface area (TPSA) is 94.3 Å². The minimum absolute atomic E-state index is 0.111. The number of aromatic nitrogens is 1. The first-order chi connectivity index (χ1) is 11.3. The lowest BCUT2D eigenvalue weighted by molar-refractivity contribution is -0.123. The molecule has 1 amide bonds. The van der Waals surface area contributed by atoms with Crippen LogP contribution in [0.1, 0.15) is 17.3 Å². The van der Waals surface area contributed by atoms with E-state index in [1.54, 1.807) is 0 Å². The van der Waals surface area contributed by atoms with E-state index >= 15 is 0 Å². The second-order valence-corrected chi connectivity index (χ2v) is 6.03. The largest absolute Gasteiger partial charge is 0.449 e. The maximum Gasteiger partial charge on any atom is 0.341 e. The molecule has 0 aliphatic heterocycles. The lowest BCUT2D eigenvalue weighted by Gasteiger charge is -2.14. The molecule has 0 radical (unpaired) electrons. The van der Waals surface area contributed by atoms with Gasteiger partial charge in [0.2, 0.25) is 0 Å². The van der Waals surface area contributed by atoms with Gasteiger partial charge in [-0.15, -0.1) is 0 Å². The fraction of sp³-hybridized carbons (Fsp3) is 0.133. The van der Waals surface area contributed by atoms with Gasteiger partial charge in [0.1, 0.15) is 0 Å². The van der Waals surface area contributed by atoms with Crippen molar-refractivity contribution in [1.82, 2.24) is 4.98 Å². The van der Waals surface area contributed by atoms with Crippen molar-refractivity contribution in [3.63, 3.8) is 0 Å². The summed E-state index contributed by atoms with van der Waals surface area (Å²) in [5.41, 5.74) is 5.97. The molecule has 1 aromatic carbocycles. The lowest BCUT2D eigenvalue weighted by atomic mass is 10.2. The third-order valence-electron chi connectivity index (χ3n) is 2.94. The summed E-state index contributed by atoms with van der Waals surface area (Å²) < 4.78 is 5.08. The highest BCUT2D eigenvalue weighted by Crippen LogP contribution is 2.23. The van der Waals surface area contributed by atoms with E-state index in [0.717, 1.165) is 0 Å². The number of hydrogen-bond donors (Lipinski definition) is 2. The Labute approximate surface area is 152 Å². The van der Waals surface area contributed by atoms with E-state index in [1.165, 1.54) is 37.4 Å². The Morgan fingerprint density at radius 2 is 1.92 bits per heavy atom. The number of esters is 1. The number of hydrogen-bond acceptors (Lipinski definition) is 5. The number of pyridine rings is 1. The number of anilines is 2. The van der Waals surface area contributed by atoms with Crippen LogP contribution in [0.2, 0.25) is 15.1 Å². The van der Waals surface area contributed by atoms with Crippen LogP contribution < -0.4 is 11.1 Å². The van der Waals surface area contributed by atoms with Crippen LogP contribution in [0.15, 0.2) is 30.5 Å². The molecule has 2 aromatic rings. The maximum absolute atomic E-state index is 12.1. The predicted octanol–water partition coefficient (Wildman–Crippen LogP) is 3.81. The van der Waals surface area contributed by atoms with Crippen LogP contribution in [0.5, 0.6) is 0 Å². The van der Waals surface area contributed by atoms with Crippen LogP contribution in [-0.2, 0) is 9.53 Å². The van der Waals surface area contributed by atoms with Gasteiger partial charge in [-0.25, -0.2) is 9.78 Å². The van der Waals surface area contributed by atoms with Crippen LogP contribution in [0, 0.1) is 0 Å². The molecule has 0 bridgehead atoms. The van der Waals surface area contributed by atoms with E-state index in [-0.39, 0.29) is 22.1 Å². The Morgan fingerprint density at radius 3 is 2.54 bits per heavy atom. The number of carbonyl (C=O) groups excluding carboxylic acids is 2. The summed E-state index contributed by atoms with van der Waals surface area (Å²) >= 11 is 17.4. The van der Waals surface area contributed by atoms with Crippen LogP contribution in [0.3, 0.4) is 0 Å². The molecule has 1 heterocycles. The number of rotatable bonds is 4. The van der Waals surface area contributed by atoms with Gasteiger partial charge in [0.25, 0.3) is 5.91 Å². The number of carbonyl (C=O) groups is 2. The highest BCUT2D eigenvalue weighted by Gasteiger charge is 2.21. The normalized spacial score (nSPS) is 11.7. The summed E-state index contributed by atoms with van der Waals surface area (Å²) in [6.45, 7) is 1.41. The molecule has 0 spiro atoms. The number of benzene rings is 1. The Bertz CT molecular complexity index is 799. The summed E-state index contributed by atoms with van der Waals surface area (Å²) in [4.78, 5) is 28.0. The Balaban J connectivity index is 2.04. The van der Waals surface area contributed by atoms with Crippen molar-refractivity contribution in [3.8, 4) is 0 Å². The summed E-state index contributed by atoms with van der Waals surface area (Å²) in [7, 11) is 0. The Hall–Kier alpha value is -2.02. The van der Waals surface area contributed by atoms with Crippen molar-refractivity contribution in [2.75, 3.05) is 11.1 Å². The number of nitrogens with zero attached hydrogens (tertiary/aromatic N) is 1. The molecule has 126 valence electrons. The van der Waals surface area contributed by atoms with Crippen molar-refractivity contribution < 1.29 is 14.3 Å². The fourth-order valence-corrected chi connectivity index (χ4v) is 2.33. The number of nitrogens with one attached hydrogen (secondary N) is 1.